The molecule has 0 unspecified atom stereocenters. The molecule has 0 amide bonds. The zero-order valence-corrected chi connectivity index (χ0v) is 18.8. The van der Waals surface area contributed by atoms with Crippen molar-refractivity contribution in [1.82, 2.24) is 10.2 Å². The van der Waals surface area contributed by atoms with Gasteiger partial charge in [-0.05, 0) is 41.4 Å². The van der Waals surface area contributed by atoms with Crippen LogP contribution < -0.4 is 5.32 Å². The van der Waals surface area contributed by atoms with E-state index in [1.54, 1.807) is 0 Å². The maximum atomic E-state index is 3.64. The van der Waals surface area contributed by atoms with Crippen LogP contribution in [-0.2, 0) is 19.5 Å². The van der Waals surface area contributed by atoms with Gasteiger partial charge in [0.05, 0.1) is 0 Å². The van der Waals surface area contributed by atoms with E-state index in [1.807, 2.05) is 0 Å². The fourth-order valence-corrected chi connectivity index (χ4v) is 6.14. The Morgan fingerprint density at radius 2 is 1.57 bits per heavy atom. The van der Waals surface area contributed by atoms with Gasteiger partial charge >= 0.3 is 19.5 Å². The first-order chi connectivity index (χ1) is 10.1. The number of allylic oxidation sites excluding steroid dienone is 3. The van der Waals surface area contributed by atoms with Crippen LogP contribution in [-0.4, -0.2) is 34.8 Å². The van der Waals surface area contributed by atoms with Gasteiger partial charge in [0.1, 0.15) is 0 Å². The predicted octanol–water partition coefficient (Wildman–Crippen LogP) is 5.29. The summed E-state index contributed by atoms with van der Waals surface area (Å²) in [5, 5.41) is 4.27. The van der Waals surface area contributed by atoms with Gasteiger partial charge < -0.3 is 5.32 Å². The molecule has 1 aliphatic heterocycles. The maximum absolute atomic E-state index is 3.64. The molecule has 1 aliphatic rings. The topological polar surface area (TPSA) is 15.3 Å². The molecule has 4 heteroatoms. The van der Waals surface area contributed by atoms with Gasteiger partial charge in [-0.15, -0.1) is 0 Å². The summed E-state index contributed by atoms with van der Waals surface area (Å²) in [6, 6.07) is 0. The summed E-state index contributed by atoms with van der Waals surface area (Å²) in [4.78, 5) is 2.44. The molecular formula is C19H35N2PRu+2. The SMILES string of the molecule is CCN(CC)CC1=CC=CC(=CP(C(C)(C)C)C(C)(C)C)N1.[Ru+2]. The number of nitrogens with one attached hydrogen (secondary N) is 1. The molecule has 0 bridgehead atoms. The van der Waals surface area contributed by atoms with Crippen LogP contribution in [0.3, 0.4) is 0 Å². The van der Waals surface area contributed by atoms with E-state index in [9.17, 15) is 0 Å². The van der Waals surface area contributed by atoms with Gasteiger partial charge in [-0.2, -0.15) is 0 Å². The van der Waals surface area contributed by atoms with Crippen LogP contribution >= 0.6 is 7.92 Å². The quantitative estimate of drug-likeness (QED) is 0.478. The summed E-state index contributed by atoms with van der Waals surface area (Å²) in [6.45, 7) is 21.8. The van der Waals surface area contributed by atoms with E-state index in [0.29, 0.717) is 10.3 Å². The Labute approximate surface area is 158 Å². The fraction of sp³-hybridized carbons (Fsp3) is 0.684. The molecule has 1 rings (SSSR count). The van der Waals surface area contributed by atoms with E-state index >= 15 is 0 Å². The summed E-state index contributed by atoms with van der Waals surface area (Å²) in [6.07, 6.45) is 6.59. The molecule has 1 heterocycles. The second kappa shape index (κ2) is 9.50. The molecule has 0 aromatic carbocycles. The molecule has 0 radical (unpaired) electrons. The molecule has 1 N–H and O–H groups in total. The van der Waals surface area contributed by atoms with Crippen LogP contribution in [0.1, 0.15) is 55.4 Å². The molecule has 0 aromatic rings. The Morgan fingerprint density at radius 3 is 2.00 bits per heavy atom. The first-order valence-corrected chi connectivity index (χ1v) is 9.87. The van der Waals surface area contributed by atoms with E-state index < -0.39 is 0 Å². The van der Waals surface area contributed by atoms with Gasteiger partial charge in [-0.25, -0.2) is 0 Å². The summed E-state index contributed by atoms with van der Waals surface area (Å²) >= 11 is 0. The third kappa shape index (κ3) is 7.63. The van der Waals surface area contributed by atoms with Gasteiger partial charge in [-0.1, -0.05) is 69.4 Å². The first-order valence-electron chi connectivity index (χ1n) is 8.45. The van der Waals surface area contributed by atoms with Crippen molar-refractivity contribution in [3.05, 3.63) is 35.4 Å². The average molecular weight is 424 g/mol. The Morgan fingerprint density at radius 1 is 1.04 bits per heavy atom. The van der Waals surface area contributed by atoms with Gasteiger partial charge in [0, 0.05) is 17.9 Å². The Kier molecular flexibility index (Phi) is 9.51. The van der Waals surface area contributed by atoms with Crippen molar-refractivity contribution in [2.24, 2.45) is 0 Å². The minimum absolute atomic E-state index is 0. The molecule has 132 valence electrons. The fourth-order valence-electron chi connectivity index (χ4n) is 2.92. The molecule has 0 aromatic heterocycles. The normalized spacial score (nSPS) is 17.3. The standard InChI is InChI=1S/C19H35N2P.Ru/c1-9-21(10-2)14-16-12-11-13-17(20-16)15-22(18(3,4)5)19(6,7)8;/h11-13,15,20H,9-10,14H2,1-8H3;/q;+2. The van der Waals surface area contributed by atoms with E-state index in [0.717, 1.165) is 19.6 Å². The van der Waals surface area contributed by atoms with Crippen LogP contribution in [0.5, 0.6) is 0 Å². The molecule has 0 spiro atoms. The summed E-state index contributed by atoms with van der Waals surface area (Å²) in [5.74, 6) is 2.49. The largest absolute Gasteiger partial charge is 2.00 e. The zero-order valence-electron chi connectivity index (χ0n) is 16.2. The van der Waals surface area contributed by atoms with Crippen LogP contribution in [0.25, 0.3) is 0 Å². The summed E-state index contributed by atoms with van der Waals surface area (Å²) < 4.78 is 0. The zero-order chi connectivity index (χ0) is 17.0. The van der Waals surface area contributed by atoms with Crippen molar-refractivity contribution in [3.8, 4) is 0 Å². The molecule has 2 nitrogen and oxygen atoms in total. The third-order valence-corrected chi connectivity index (χ3v) is 7.31. The minimum Gasteiger partial charge on any atom is -0.358 e. The van der Waals surface area contributed by atoms with Gasteiger partial charge in [0.15, 0.2) is 0 Å². The number of likely N-dealkylation sites (N-methyl/N-ethyl adjacent to an activating group) is 1. The molecule has 0 atom stereocenters. The smallest absolute Gasteiger partial charge is 0.358 e. The molecular weight excluding hydrogens is 388 g/mol. The first kappa shape index (κ1) is 23.0. The average Bonchev–Trinajstić information content (AvgIpc) is 2.40. The van der Waals surface area contributed by atoms with Crippen molar-refractivity contribution in [2.75, 3.05) is 19.6 Å². The van der Waals surface area contributed by atoms with E-state index in [1.165, 1.54) is 11.4 Å². The Balaban J connectivity index is 0.00000484. The van der Waals surface area contributed by atoms with Gasteiger partial charge in [0.25, 0.3) is 0 Å². The van der Waals surface area contributed by atoms with Gasteiger partial charge in [0.2, 0.25) is 0 Å². The monoisotopic (exact) mass is 424 g/mol. The molecule has 0 saturated carbocycles. The number of rotatable bonds is 5. The summed E-state index contributed by atoms with van der Waals surface area (Å²) in [5.41, 5.74) is 2.57. The van der Waals surface area contributed by atoms with Crippen LogP contribution in [0.2, 0.25) is 0 Å². The number of dihydropyridines is 1. The van der Waals surface area contributed by atoms with E-state index in [4.69, 9.17) is 0 Å². The van der Waals surface area contributed by atoms with E-state index in [2.05, 4.69) is 89.7 Å². The van der Waals surface area contributed by atoms with Crippen LogP contribution in [0, 0.1) is 0 Å². The second-order valence-corrected chi connectivity index (χ2v) is 11.6. The number of hydrogen-bond acceptors (Lipinski definition) is 2. The predicted molar refractivity (Wildman–Crippen MR) is 103 cm³/mol. The Bertz CT molecular complexity index is 435. The van der Waals surface area contributed by atoms with Gasteiger partial charge in [-0.3, -0.25) is 4.90 Å². The van der Waals surface area contributed by atoms with Crippen molar-refractivity contribution < 1.29 is 19.5 Å². The van der Waals surface area contributed by atoms with Crippen molar-refractivity contribution in [2.45, 2.75) is 65.7 Å². The maximum Gasteiger partial charge on any atom is 2.00 e. The van der Waals surface area contributed by atoms with Crippen molar-refractivity contribution >= 4 is 7.92 Å². The number of hydrogen-bond donors (Lipinski definition) is 1. The molecule has 0 fully saturated rings. The molecule has 23 heavy (non-hydrogen) atoms. The van der Waals surface area contributed by atoms with Crippen molar-refractivity contribution in [1.29, 1.82) is 0 Å². The molecule has 0 saturated heterocycles. The van der Waals surface area contributed by atoms with E-state index in [-0.39, 0.29) is 27.4 Å². The third-order valence-electron chi connectivity index (χ3n) is 3.88. The van der Waals surface area contributed by atoms with Crippen LogP contribution in [0.15, 0.2) is 35.4 Å². The second-order valence-electron chi connectivity index (χ2n) is 7.93. The van der Waals surface area contributed by atoms with Crippen LogP contribution in [0.4, 0.5) is 0 Å². The molecule has 0 aliphatic carbocycles. The Hall–Kier alpha value is 0.0334. The minimum atomic E-state index is -0.229. The van der Waals surface area contributed by atoms with Crippen molar-refractivity contribution in [3.63, 3.8) is 0 Å². The number of nitrogens with zero attached hydrogens (tertiary/aromatic N) is 1. The summed E-state index contributed by atoms with van der Waals surface area (Å²) in [7, 11) is -0.229.